The number of hydrogen-bond acceptors (Lipinski definition) is 3. The zero-order valence-corrected chi connectivity index (χ0v) is 13.7. The van der Waals surface area contributed by atoms with Crippen LogP contribution in [-0.2, 0) is 4.79 Å². The fourth-order valence-corrected chi connectivity index (χ4v) is 2.82. The number of hydrogen-bond donors (Lipinski definition) is 3. The maximum atomic E-state index is 12.4. The van der Waals surface area contributed by atoms with Gasteiger partial charge in [0, 0.05) is 5.92 Å². The molecule has 23 heavy (non-hydrogen) atoms. The fraction of sp³-hybridized carbons (Fsp3) is 0.444. The van der Waals surface area contributed by atoms with E-state index in [1.54, 1.807) is 0 Å². The summed E-state index contributed by atoms with van der Waals surface area (Å²) in [6, 6.07) is 10.0. The van der Waals surface area contributed by atoms with Crippen LogP contribution in [0.1, 0.15) is 32.1 Å². The van der Waals surface area contributed by atoms with E-state index in [9.17, 15) is 4.79 Å². The van der Waals surface area contributed by atoms with Crippen molar-refractivity contribution in [1.82, 2.24) is 20.6 Å². The van der Waals surface area contributed by atoms with Gasteiger partial charge in [0.15, 0.2) is 0 Å². The minimum atomic E-state index is -0.0737. The van der Waals surface area contributed by atoms with Crippen LogP contribution in [0.3, 0.4) is 0 Å². The molecule has 2 aromatic rings. The third kappa shape index (κ3) is 3.45. The van der Waals surface area contributed by atoms with E-state index in [0.29, 0.717) is 5.92 Å². The number of benzene rings is 1. The third-order valence-electron chi connectivity index (χ3n) is 4.67. The Morgan fingerprint density at radius 3 is 2.70 bits per heavy atom. The second-order valence-corrected chi connectivity index (χ2v) is 6.22. The number of H-pyrrole nitrogens is 1. The topological polar surface area (TPSA) is 69.8 Å². The number of imidazole rings is 1. The van der Waals surface area contributed by atoms with Gasteiger partial charge >= 0.3 is 0 Å². The molecule has 122 valence electrons. The second-order valence-electron chi connectivity index (χ2n) is 6.22. The quantitative estimate of drug-likeness (QED) is 0.767. The molecule has 0 saturated carbocycles. The molecule has 0 bridgehead atoms. The molecule has 5 nitrogen and oxygen atoms in total. The molecule has 5 heteroatoms. The van der Waals surface area contributed by atoms with E-state index >= 15 is 0 Å². The molecule has 0 spiro atoms. The molecular weight excluding hydrogens is 288 g/mol. The van der Waals surface area contributed by atoms with Crippen molar-refractivity contribution in [3.05, 3.63) is 42.4 Å². The average Bonchev–Trinajstić information content (AvgIpc) is 3.01. The minimum absolute atomic E-state index is 0.0360. The molecule has 2 unspecified atom stereocenters. The van der Waals surface area contributed by atoms with Crippen LogP contribution in [0, 0.1) is 11.8 Å². The Kier molecular flexibility index (Phi) is 4.76. The standard InChI is InChI=1S/C18H24N4O/c1-3-15(22-18(23)12(2)14-9-19-10-14)17-20-11-16(21-17)13-7-5-4-6-8-13/h4-8,11-12,14-15,19H,3,9-10H2,1-2H3,(H,20,21)(H,22,23). The van der Waals surface area contributed by atoms with Crippen LogP contribution in [-0.4, -0.2) is 29.0 Å². The molecule has 3 N–H and O–H groups in total. The maximum Gasteiger partial charge on any atom is 0.223 e. The zero-order chi connectivity index (χ0) is 16.2. The molecule has 3 rings (SSSR count). The highest BCUT2D eigenvalue weighted by Crippen LogP contribution is 2.22. The van der Waals surface area contributed by atoms with Gasteiger partial charge in [0.1, 0.15) is 5.82 Å². The summed E-state index contributed by atoms with van der Waals surface area (Å²) < 4.78 is 0. The predicted molar refractivity (Wildman–Crippen MR) is 90.7 cm³/mol. The van der Waals surface area contributed by atoms with E-state index in [0.717, 1.165) is 36.6 Å². The molecule has 2 atom stereocenters. The van der Waals surface area contributed by atoms with Crippen LogP contribution in [0.5, 0.6) is 0 Å². The maximum absolute atomic E-state index is 12.4. The average molecular weight is 312 g/mol. The molecule has 1 aromatic carbocycles. The predicted octanol–water partition coefficient (Wildman–Crippen LogP) is 2.50. The summed E-state index contributed by atoms with van der Waals surface area (Å²) in [5.41, 5.74) is 2.07. The lowest BCUT2D eigenvalue weighted by Crippen LogP contribution is -2.50. The highest BCUT2D eigenvalue weighted by molar-refractivity contribution is 5.79. The number of aromatic nitrogens is 2. The van der Waals surface area contributed by atoms with Gasteiger partial charge in [-0.05, 0) is 31.0 Å². The first-order chi connectivity index (χ1) is 11.2. The molecular formula is C18H24N4O. The summed E-state index contributed by atoms with van der Waals surface area (Å²) in [5, 5.41) is 6.36. The number of nitrogens with zero attached hydrogens (tertiary/aromatic N) is 1. The Labute approximate surface area is 136 Å². The van der Waals surface area contributed by atoms with Gasteiger partial charge in [-0.1, -0.05) is 44.2 Å². The smallest absolute Gasteiger partial charge is 0.223 e. The van der Waals surface area contributed by atoms with E-state index in [-0.39, 0.29) is 17.9 Å². The molecule has 1 aliphatic heterocycles. The van der Waals surface area contributed by atoms with Crippen LogP contribution in [0.4, 0.5) is 0 Å². The van der Waals surface area contributed by atoms with Crippen molar-refractivity contribution in [2.75, 3.05) is 13.1 Å². The Morgan fingerprint density at radius 1 is 1.35 bits per heavy atom. The Morgan fingerprint density at radius 2 is 2.09 bits per heavy atom. The van der Waals surface area contributed by atoms with E-state index < -0.39 is 0 Å². The highest BCUT2D eigenvalue weighted by Gasteiger charge is 2.30. The zero-order valence-electron chi connectivity index (χ0n) is 13.7. The van der Waals surface area contributed by atoms with Crippen molar-refractivity contribution in [2.24, 2.45) is 11.8 Å². The van der Waals surface area contributed by atoms with Gasteiger partial charge in [-0.2, -0.15) is 0 Å². The molecule has 0 radical (unpaired) electrons. The van der Waals surface area contributed by atoms with Gasteiger partial charge < -0.3 is 15.6 Å². The number of aromatic amines is 1. The van der Waals surface area contributed by atoms with Crippen LogP contribution in [0.25, 0.3) is 11.3 Å². The summed E-state index contributed by atoms with van der Waals surface area (Å²) in [4.78, 5) is 20.2. The van der Waals surface area contributed by atoms with Gasteiger partial charge in [-0.15, -0.1) is 0 Å². The first-order valence-electron chi connectivity index (χ1n) is 8.30. The summed E-state index contributed by atoms with van der Waals surface area (Å²) >= 11 is 0. The SMILES string of the molecule is CCC(NC(=O)C(C)C1CNC1)c1ncc(-c2ccccc2)[nH]1. The molecule has 0 aliphatic carbocycles. The molecule has 1 saturated heterocycles. The lowest BCUT2D eigenvalue weighted by molar-refractivity contribution is -0.127. The Balaban J connectivity index is 1.68. The van der Waals surface area contributed by atoms with Gasteiger partial charge in [0.25, 0.3) is 0 Å². The van der Waals surface area contributed by atoms with Crippen LogP contribution >= 0.6 is 0 Å². The molecule has 1 fully saturated rings. The molecule has 1 aromatic heterocycles. The number of carbonyl (C=O) groups excluding carboxylic acids is 1. The van der Waals surface area contributed by atoms with Gasteiger partial charge in [-0.3, -0.25) is 4.79 Å². The van der Waals surface area contributed by atoms with Crippen molar-refractivity contribution < 1.29 is 4.79 Å². The van der Waals surface area contributed by atoms with Gasteiger partial charge in [0.05, 0.1) is 17.9 Å². The number of carbonyl (C=O) groups is 1. The van der Waals surface area contributed by atoms with Crippen molar-refractivity contribution in [1.29, 1.82) is 0 Å². The number of amides is 1. The number of rotatable bonds is 6. The van der Waals surface area contributed by atoms with Crippen molar-refractivity contribution in [2.45, 2.75) is 26.3 Å². The van der Waals surface area contributed by atoms with Crippen LogP contribution in [0.15, 0.2) is 36.5 Å². The van der Waals surface area contributed by atoms with Crippen LogP contribution in [0.2, 0.25) is 0 Å². The van der Waals surface area contributed by atoms with Crippen LogP contribution < -0.4 is 10.6 Å². The summed E-state index contributed by atoms with van der Waals surface area (Å²) in [7, 11) is 0. The highest BCUT2D eigenvalue weighted by atomic mass is 16.2. The summed E-state index contributed by atoms with van der Waals surface area (Å²) in [5.74, 6) is 1.41. The lowest BCUT2D eigenvalue weighted by atomic mass is 9.88. The molecule has 1 amide bonds. The van der Waals surface area contributed by atoms with Crippen molar-refractivity contribution >= 4 is 5.91 Å². The van der Waals surface area contributed by atoms with Gasteiger partial charge in [-0.25, -0.2) is 4.98 Å². The monoisotopic (exact) mass is 312 g/mol. The summed E-state index contributed by atoms with van der Waals surface area (Å²) in [6.07, 6.45) is 2.64. The molecule has 2 heterocycles. The second kappa shape index (κ2) is 6.96. The van der Waals surface area contributed by atoms with Gasteiger partial charge in [0.2, 0.25) is 5.91 Å². The van der Waals surface area contributed by atoms with Crippen molar-refractivity contribution in [3.63, 3.8) is 0 Å². The largest absolute Gasteiger partial charge is 0.346 e. The van der Waals surface area contributed by atoms with E-state index in [4.69, 9.17) is 0 Å². The molecule has 1 aliphatic rings. The van der Waals surface area contributed by atoms with E-state index in [2.05, 4.69) is 27.5 Å². The normalized spacial score (nSPS) is 17.3. The van der Waals surface area contributed by atoms with E-state index in [1.165, 1.54) is 0 Å². The number of nitrogens with one attached hydrogen (secondary N) is 3. The third-order valence-corrected chi connectivity index (χ3v) is 4.67. The summed E-state index contributed by atoms with van der Waals surface area (Å²) in [6.45, 7) is 5.94. The first-order valence-corrected chi connectivity index (χ1v) is 8.30. The fourth-order valence-electron chi connectivity index (χ4n) is 2.82. The van der Waals surface area contributed by atoms with E-state index in [1.807, 2.05) is 43.5 Å². The van der Waals surface area contributed by atoms with Crippen molar-refractivity contribution in [3.8, 4) is 11.3 Å². The Hall–Kier alpha value is -2.14. The lowest BCUT2D eigenvalue weighted by Gasteiger charge is -2.32. The Bertz CT molecular complexity index is 648. The first kappa shape index (κ1) is 15.7. The minimum Gasteiger partial charge on any atom is -0.346 e.